The van der Waals surface area contributed by atoms with Gasteiger partial charge in [-0.15, -0.1) is 0 Å². The Morgan fingerprint density at radius 3 is 2.55 bits per heavy atom. The van der Waals surface area contributed by atoms with E-state index in [9.17, 15) is 21.6 Å². The second kappa shape index (κ2) is 11.1. The number of imidazole rings is 1. The standard InChI is InChI=1S/C25H30ClF3N8O2S/c1-16-13-35(10-7-30-16)18-3-4-22(20(26)11-18)36-14-21(32-15-36)23-19(25(27,28)29)12-31-24(34-23)33-17-5-8-37(9-6-17)40(2,38)39/h3-4,11-12,14-17,30H,5-10,13H2,1-2H3,(H,31,33,34)/t16-/m1/s1. The van der Waals surface area contributed by atoms with E-state index in [-0.39, 0.29) is 23.4 Å². The minimum Gasteiger partial charge on any atom is -0.369 e. The summed E-state index contributed by atoms with van der Waals surface area (Å²) in [5.74, 6) is 0.0167. The Balaban J connectivity index is 1.38. The Kier molecular flexibility index (Phi) is 7.97. The zero-order chi connectivity index (χ0) is 28.7. The molecular weight excluding hydrogens is 569 g/mol. The maximum atomic E-state index is 13.9. The van der Waals surface area contributed by atoms with Gasteiger partial charge in [0.05, 0.1) is 17.0 Å². The van der Waals surface area contributed by atoms with Crippen molar-refractivity contribution < 1.29 is 21.6 Å². The normalized spacial score (nSPS) is 19.6. The van der Waals surface area contributed by atoms with Crippen LogP contribution in [-0.4, -0.2) is 83.3 Å². The monoisotopic (exact) mass is 598 g/mol. The van der Waals surface area contributed by atoms with E-state index < -0.39 is 21.8 Å². The van der Waals surface area contributed by atoms with Crippen LogP contribution in [0.4, 0.5) is 24.8 Å². The van der Waals surface area contributed by atoms with E-state index in [0.717, 1.165) is 37.8 Å². The average Bonchev–Trinajstić information content (AvgIpc) is 3.38. The molecule has 15 heteroatoms. The lowest BCUT2D eigenvalue weighted by Gasteiger charge is -2.33. The maximum absolute atomic E-state index is 13.9. The molecule has 0 saturated carbocycles. The van der Waals surface area contributed by atoms with Crippen molar-refractivity contribution in [2.45, 2.75) is 38.0 Å². The van der Waals surface area contributed by atoms with Crippen LogP contribution in [0.5, 0.6) is 0 Å². The number of sulfonamides is 1. The van der Waals surface area contributed by atoms with E-state index in [2.05, 4.69) is 37.4 Å². The van der Waals surface area contributed by atoms with Gasteiger partial charge in [0.15, 0.2) is 0 Å². The minimum absolute atomic E-state index is 0.0146. The predicted molar refractivity (Wildman–Crippen MR) is 147 cm³/mol. The first-order chi connectivity index (χ1) is 18.9. The third-order valence-corrected chi connectivity index (χ3v) is 8.72. The quantitative estimate of drug-likeness (QED) is 0.443. The summed E-state index contributed by atoms with van der Waals surface area (Å²) in [5.41, 5.74) is 0.187. The second-order valence-electron chi connectivity index (χ2n) is 10.1. The molecule has 2 aromatic heterocycles. The molecule has 4 heterocycles. The molecule has 2 fully saturated rings. The van der Waals surface area contributed by atoms with E-state index in [1.54, 1.807) is 4.57 Å². The summed E-state index contributed by atoms with van der Waals surface area (Å²) in [7, 11) is -3.30. The molecule has 0 spiro atoms. The largest absolute Gasteiger partial charge is 0.420 e. The molecule has 2 aliphatic heterocycles. The van der Waals surface area contributed by atoms with Crippen molar-refractivity contribution in [1.82, 2.24) is 29.1 Å². The van der Waals surface area contributed by atoms with E-state index in [0.29, 0.717) is 42.7 Å². The van der Waals surface area contributed by atoms with E-state index in [1.165, 1.54) is 16.8 Å². The molecular formula is C25H30ClF3N8O2S. The number of hydrogen-bond donors (Lipinski definition) is 2. The highest BCUT2D eigenvalue weighted by atomic mass is 35.5. The van der Waals surface area contributed by atoms with Crippen LogP contribution in [0.2, 0.25) is 5.02 Å². The molecule has 1 aromatic carbocycles. The lowest BCUT2D eigenvalue weighted by Crippen LogP contribution is -2.49. The van der Waals surface area contributed by atoms with Crippen molar-refractivity contribution in [3.05, 3.63) is 47.5 Å². The van der Waals surface area contributed by atoms with Gasteiger partial charge in [-0.3, -0.25) is 0 Å². The molecule has 10 nitrogen and oxygen atoms in total. The van der Waals surface area contributed by atoms with Crippen molar-refractivity contribution in [1.29, 1.82) is 0 Å². The Morgan fingerprint density at radius 2 is 1.90 bits per heavy atom. The molecule has 216 valence electrons. The molecule has 0 radical (unpaired) electrons. The number of hydrogen-bond acceptors (Lipinski definition) is 8. The van der Waals surface area contributed by atoms with Crippen molar-refractivity contribution in [3.8, 4) is 17.1 Å². The smallest absolute Gasteiger partial charge is 0.369 e. The Morgan fingerprint density at radius 1 is 1.15 bits per heavy atom. The lowest BCUT2D eigenvalue weighted by atomic mass is 10.1. The molecule has 2 aliphatic rings. The first-order valence-corrected chi connectivity index (χ1v) is 15.1. The predicted octanol–water partition coefficient (Wildman–Crippen LogP) is 3.64. The Hall–Kier alpha value is -2.94. The number of nitrogens with zero attached hydrogens (tertiary/aromatic N) is 6. The van der Waals surface area contributed by atoms with Gasteiger partial charge in [0.2, 0.25) is 16.0 Å². The molecule has 0 aliphatic carbocycles. The van der Waals surface area contributed by atoms with Crippen molar-refractivity contribution in [3.63, 3.8) is 0 Å². The molecule has 3 aromatic rings. The summed E-state index contributed by atoms with van der Waals surface area (Å²) in [6, 6.07) is 5.75. The third-order valence-electron chi connectivity index (χ3n) is 7.12. The van der Waals surface area contributed by atoms with Crippen LogP contribution in [0, 0.1) is 0 Å². The molecule has 1 atom stereocenters. The number of rotatable bonds is 6. The maximum Gasteiger partial charge on any atom is 0.420 e. The molecule has 2 N–H and O–H groups in total. The summed E-state index contributed by atoms with van der Waals surface area (Å²) < 4.78 is 68.2. The van der Waals surface area contributed by atoms with Crippen molar-refractivity contribution in [2.75, 3.05) is 49.2 Å². The van der Waals surface area contributed by atoms with Gasteiger partial charge in [0, 0.05) is 62.9 Å². The fourth-order valence-electron chi connectivity index (χ4n) is 5.01. The molecule has 0 bridgehead atoms. The van der Waals surface area contributed by atoms with Gasteiger partial charge in [-0.2, -0.15) is 13.2 Å². The van der Waals surface area contributed by atoms with Gasteiger partial charge < -0.3 is 20.1 Å². The number of piperazine rings is 1. The summed E-state index contributed by atoms with van der Waals surface area (Å²) in [5, 5.41) is 6.89. The van der Waals surface area contributed by atoms with Gasteiger partial charge in [-0.05, 0) is 38.0 Å². The Labute approximate surface area is 235 Å². The van der Waals surface area contributed by atoms with Crippen LogP contribution >= 0.6 is 11.6 Å². The molecule has 2 saturated heterocycles. The molecule has 40 heavy (non-hydrogen) atoms. The zero-order valence-electron chi connectivity index (χ0n) is 22.0. The number of anilines is 2. The number of benzene rings is 1. The SMILES string of the molecule is C[C@@H]1CN(c2ccc(-n3cnc(-c4nc(NC5CCN(S(C)(=O)=O)CC5)ncc4C(F)(F)F)c3)c(Cl)c2)CCN1. The van der Waals surface area contributed by atoms with Crippen LogP contribution in [0.25, 0.3) is 17.1 Å². The van der Waals surface area contributed by atoms with Crippen molar-refractivity contribution >= 4 is 33.3 Å². The Bertz CT molecular complexity index is 1470. The highest BCUT2D eigenvalue weighted by molar-refractivity contribution is 7.88. The van der Waals surface area contributed by atoms with E-state index in [4.69, 9.17) is 11.6 Å². The summed E-state index contributed by atoms with van der Waals surface area (Å²) >= 11 is 6.60. The third kappa shape index (κ3) is 6.35. The first-order valence-electron chi connectivity index (χ1n) is 12.9. The van der Waals surface area contributed by atoms with Crippen molar-refractivity contribution in [2.24, 2.45) is 0 Å². The molecule has 5 rings (SSSR count). The zero-order valence-corrected chi connectivity index (χ0v) is 23.6. The number of piperidine rings is 1. The second-order valence-corrected chi connectivity index (χ2v) is 12.5. The molecule has 0 amide bonds. The van der Waals surface area contributed by atoms with Crippen LogP contribution in [0.15, 0.2) is 36.9 Å². The number of nitrogens with one attached hydrogen (secondary N) is 2. The summed E-state index contributed by atoms with van der Waals surface area (Å²) in [6.07, 6.45) is 1.01. The van der Waals surface area contributed by atoms with Crippen LogP contribution < -0.4 is 15.5 Å². The summed E-state index contributed by atoms with van der Waals surface area (Å²) in [6.45, 7) is 5.27. The fraction of sp³-hybridized carbons (Fsp3) is 0.480. The van der Waals surface area contributed by atoms with Gasteiger partial charge in [-0.1, -0.05) is 11.6 Å². The fourth-order valence-corrected chi connectivity index (χ4v) is 6.16. The average molecular weight is 599 g/mol. The number of alkyl halides is 3. The first kappa shape index (κ1) is 28.6. The highest BCUT2D eigenvalue weighted by Gasteiger charge is 2.36. The lowest BCUT2D eigenvalue weighted by molar-refractivity contribution is -0.137. The van der Waals surface area contributed by atoms with Crippen LogP contribution in [-0.2, 0) is 16.2 Å². The van der Waals surface area contributed by atoms with Gasteiger partial charge in [-0.25, -0.2) is 27.7 Å². The number of aromatic nitrogens is 4. The summed E-state index contributed by atoms with van der Waals surface area (Å²) in [4.78, 5) is 14.5. The van der Waals surface area contributed by atoms with Gasteiger partial charge in [0.1, 0.15) is 23.3 Å². The number of halogens is 4. The minimum atomic E-state index is -4.70. The van der Waals surface area contributed by atoms with Gasteiger partial charge >= 0.3 is 6.18 Å². The van der Waals surface area contributed by atoms with Gasteiger partial charge in [0.25, 0.3) is 0 Å². The van der Waals surface area contributed by atoms with E-state index >= 15 is 0 Å². The van der Waals surface area contributed by atoms with E-state index in [1.807, 2.05) is 18.2 Å². The highest BCUT2D eigenvalue weighted by Crippen LogP contribution is 2.36. The topological polar surface area (TPSA) is 108 Å². The van der Waals surface area contributed by atoms with Crippen LogP contribution in [0.3, 0.4) is 0 Å². The molecule has 0 unspecified atom stereocenters. The van der Waals surface area contributed by atoms with Crippen LogP contribution in [0.1, 0.15) is 25.3 Å².